The number of β-amino-alcohol motifs (C(OH)–C–C–N with tert-alkyl or cyclic N) is 1. The van der Waals surface area contributed by atoms with Crippen LogP contribution in [0.1, 0.15) is 21.5 Å². The van der Waals surface area contributed by atoms with Gasteiger partial charge in [0.25, 0.3) is 0 Å². The summed E-state index contributed by atoms with van der Waals surface area (Å²) in [7, 11) is 0. The van der Waals surface area contributed by atoms with Gasteiger partial charge in [0.05, 0.1) is 18.3 Å². The van der Waals surface area contributed by atoms with Gasteiger partial charge in [0.2, 0.25) is 0 Å². The van der Waals surface area contributed by atoms with E-state index < -0.39 is 12.1 Å². The van der Waals surface area contributed by atoms with Crippen molar-refractivity contribution in [2.75, 3.05) is 19.7 Å². The summed E-state index contributed by atoms with van der Waals surface area (Å²) in [5.41, 5.74) is 2.47. The van der Waals surface area contributed by atoms with Gasteiger partial charge in [0.15, 0.2) is 0 Å². The first kappa shape index (κ1) is 13.0. The molecule has 0 saturated heterocycles. The zero-order chi connectivity index (χ0) is 13.1. The van der Waals surface area contributed by atoms with Crippen molar-refractivity contribution in [3.8, 4) is 0 Å². The van der Waals surface area contributed by atoms with E-state index in [-0.39, 0.29) is 6.61 Å². The van der Waals surface area contributed by atoms with Crippen molar-refractivity contribution in [1.29, 1.82) is 0 Å². The standard InChI is InChI=1S/C13H17NO4/c15-8-12(16)7-14-4-3-9-5-10(13(17)18)1-2-11(9)6-14/h1-2,5,12,15-16H,3-4,6-8H2,(H,17,18). The molecular weight excluding hydrogens is 234 g/mol. The molecule has 5 nitrogen and oxygen atoms in total. The third kappa shape index (κ3) is 2.87. The Morgan fingerprint density at radius 2 is 2.17 bits per heavy atom. The Labute approximate surface area is 105 Å². The van der Waals surface area contributed by atoms with Crippen molar-refractivity contribution in [3.05, 3.63) is 34.9 Å². The molecule has 18 heavy (non-hydrogen) atoms. The summed E-state index contributed by atoms with van der Waals surface area (Å²) in [6, 6.07) is 5.15. The summed E-state index contributed by atoms with van der Waals surface area (Å²) < 4.78 is 0. The molecule has 1 aromatic rings. The fourth-order valence-corrected chi connectivity index (χ4v) is 2.26. The molecule has 0 radical (unpaired) electrons. The topological polar surface area (TPSA) is 81.0 Å². The Hall–Kier alpha value is -1.43. The van der Waals surface area contributed by atoms with Gasteiger partial charge in [-0.15, -0.1) is 0 Å². The Balaban J connectivity index is 2.08. The van der Waals surface area contributed by atoms with Crippen molar-refractivity contribution < 1.29 is 20.1 Å². The highest BCUT2D eigenvalue weighted by molar-refractivity contribution is 5.87. The number of carbonyl (C=O) groups is 1. The van der Waals surface area contributed by atoms with E-state index in [2.05, 4.69) is 4.90 Å². The van der Waals surface area contributed by atoms with Crippen LogP contribution in [0, 0.1) is 0 Å². The number of aliphatic hydroxyl groups excluding tert-OH is 2. The Kier molecular flexibility index (Phi) is 3.96. The van der Waals surface area contributed by atoms with Crippen molar-refractivity contribution in [2.45, 2.75) is 19.1 Å². The SMILES string of the molecule is O=C(O)c1ccc2c(c1)CCN(CC(O)CO)C2. The molecule has 5 heteroatoms. The number of rotatable bonds is 4. The Morgan fingerprint density at radius 3 is 2.83 bits per heavy atom. The van der Waals surface area contributed by atoms with E-state index in [4.69, 9.17) is 10.2 Å². The monoisotopic (exact) mass is 251 g/mol. The molecule has 0 aliphatic carbocycles. The van der Waals surface area contributed by atoms with Gasteiger partial charge < -0.3 is 15.3 Å². The molecule has 98 valence electrons. The second-order valence-corrected chi connectivity index (χ2v) is 4.61. The van der Waals surface area contributed by atoms with Crippen LogP contribution in [0.2, 0.25) is 0 Å². The van der Waals surface area contributed by atoms with Gasteiger partial charge in [-0.25, -0.2) is 4.79 Å². The molecule has 0 saturated carbocycles. The predicted molar refractivity (Wildman–Crippen MR) is 65.5 cm³/mol. The maximum Gasteiger partial charge on any atom is 0.335 e. The van der Waals surface area contributed by atoms with Gasteiger partial charge >= 0.3 is 5.97 Å². The lowest BCUT2D eigenvalue weighted by Gasteiger charge is -2.30. The van der Waals surface area contributed by atoms with E-state index in [1.54, 1.807) is 12.1 Å². The second-order valence-electron chi connectivity index (χ2n) is 4.61. The molecule has 0 spiro atoms. The van der Waals surface area contributed by atoms with E-state index >= 15 is 0 Å². The van der Waals surface area contributed by atoms with Crippen LogP contribution >= 0.6 is 0 Å². The van der Waals surface area contributed by atoms with Crippen molar-refractivity contribution >= 4 is 5.97 Å². The van der Waals surface area contributed by atoms with Gasteiger partial charge in [0, 0.05) is 19.6 Å². The minimum Gasteiger partial charge on any atom is -0.478 e. The maximum absolute atomic E-state index is 10.9. The highest BCUT2D eigenvalue weighted by Crippen LogP contribution is 2.20. The zero-order valence-electron chi connectivity index (χ0n) is 10.0. The number of fused-ring (bicyclic) bond motifs is 1. The molecule has 0 fully saturated rings. The quantitative estimate of drug-likeness (QED) is 0.707. The normalized spacial score (nSPS) is 17.2. The molecule has 2 rings (SSSR count). The van der Waals surface area contributed by atoms with E-state index in [0.29, 0.717) is 18.7 Å². The number of hydrogen-bond donors (Lipinski definition) is 3. The number of carboxylic acid groups (broad SMARTS) is 1. The summed E-state index contributed by atoms with van der Waals surface area (Å²) >= 11 is 0. The van der Waals surface area contributed by atoms with Crippen LogP contribution in [0.3, 0.4) is 0 Å². The molecule has 1 unspecified atom stereocenters. The summed E-state index contributed by atoms with van der Waals surface area (Å²) in [6.07, 6.45) is 0.0547. The summed E-state index contributed by atoms with van der Waals surface area (Å²) in [5, 5.41) is 27.1. The van der Waals surface area contributed by atoms with Gasteiger partial charge in [-0.05, 0) is 29.7 Å². The second kappa shape index (κ2) is 5.48. The number of benzene rings is 1. The fraction of sp³-hybridized carbons (Fsp3) is 0.462. The summed E-state index contributed by atoms with van der Waals surface area (Å²) in [6.45, 7) is 1.66. The van der Waals surface area contributed by atoms with Crippen molar-refractivity contribution in [2.24, 2.45) is 0 Å². The highest BCUT2D eigenvalue weighted by atomic mass is 16.4. The van der Waals surface area contributed by atoms with Gasteiger partial charge in [-0.3, -0.25) is 4.90 Å². The molecule has 0 aromatic heterocycles. The largest absolute Gasteiger partial charge is 0.478 e. The van der Waals surface area contributed by atoms with Crippen LogP contribution in [-0.2, 0) is 13.0 Å². The molecule has 1 aliphatic heterocycles. The lowest BCUT2D eigenvalue weighted by atomic mass is 9.97. The van der Waals surface area contributed by atoms with Crippen molar-refractivity contribution in [3.63, 3.8) is 0 Å². The molecule has 1 aliphatic rings. The zero-order valence-corrected chi connectivity index (χ0v) is 10.0. The van der Waals surface area contributed by atoms with Gasteiger partial charge in [-0.1, -0.05) is 6.07 Å². The van der Waals surface area contributed by atoms with Crippen molar-refractivity contribution in [1.82, 2.24) is 4.90 Å². The van der Waals surface area contributed by atoms with Crippen LogP contribution in [-0.4, -0.2) is 52.0 Å². The number of nitrogens with zero attached hydrogens (tertiary/aromatic N) is 1. The molecule has 0 bridgehead atoms. The first-order valence-electron chi connectivity index (χ1n) is 5.96. The maximum atomic E-state index is 10.9. The minimum absolute atomic E-state index is 0.235. The molecule has 3 N–H and O–H groups in total. The lowest BCUT2D eigenvalue weighted by molar-refractivity contribution is 0.0551. The molecule has 1 atom stereocenters. The molecular formula is C13H17NO4. The average Bonchev–Trinajstić information content (AvgIpc) is 2.37. The van der Waals surface area contributed by atoms with E-state index in [9.17, 15) is 9.90 Å². The minimum atomic E-state index is -0.907. The Morgan fingerprint density at radius 1 is 1.39 bits per heavy atom. The number of hydrogen-bond acceptors (Lipinski definition) is 4. The molecule has 0 amide bonds. The molecule has 1 heterocycles. The smallest absolute Gasteiger partial charge is 0.335 e. The number of aromatic carboxylic acids is 1. The van der Waals surface area contributed by atoms with Gasteiger partial charge in [-0.2, -0.15) is 0 Å². The third-order valence-corrected chi connectivity index (χ3v) is 3.22. The van der Waals surface area contributed by atoms with Crippen LogP contribution in [0.5, 0.6) is 0 Å². The van der Waals surface area contributed by atoms with Gasteiger partial charge in [0.1, 0.15) is 0 Å². The number of aliphatic hydroxyl groups is 2. The van der Waals surface area contributed by atoms with Crippen LogP contribution in [0.25, 0.3) is 0 Å². The van der Waals surface area contributed by atoms with E-state index in [0.717, 1.165) is 24.1 Å². The Bertz CT molecular complexity index is 447. The van der Waals surface area contributed by atoms with E-state index in [1.165, 1.54) is 0 Å². The van der Waals surface area contributed by atoms with E-state index in [1.807, 2.05) is 6.07 Å². The van der Waals surface area contributed by atoms with Crippen LogP contribution in [0.15, 0.2) is 18.2 Å². The fourth-order valence-electron chi connectivity index (χ4n) is 2.26. The number of carboxylic acids is 1. The predicted octanol–water partition coefficient (Wildman–Crippen LogP) is 0.0961. The van der Waals surface area contributed by atoms with Crippen LogP contribution < -0.4 is 0 Å². The first-order chi connectivity index (χ1) is 8.60. The highest BCUT2D eigenvalue weighted by Gasteiger charge is 2.19. The summed E-state index contributed by atoms with van der Waals surface area (Å²) in [4.78, 5) is 12.9. The van der Waals surface area contributed by atoms with Crippen LogP contribution in [0.4, 0.5) is 0 Å². The molecule has 1 aromatic carbocycles. The average molecular weight is 251 g/mol. The summed E-state index contributed by atoms with van der Waals surface area (Å²) in [5.74, 6) is -0.907. The first-order valence-corrected chi connectivity index (χ1v) is 5.96. The lowest BCUT2D eigenvalue weighted by Crippen LogP contribution is -2.38. The third-order valence-electron chi connectivity index (χ3n) is 3.22.